The molecule has 1 saturated heterocycles. The van der Waals surface area contributed by atoms with Gasteiger partial charge < -0.3 is 14.9 Å². The second-order valence-electron chi connectivity index (χ2n) is 4.73. The molecule has 1 aromatic heterocycles. The second kappa shape index (κ2) is 5.76. The SMILES string of the molecule is OCc1ccc(N2CCN(c3nccs3)CC2)c(F)c1. The topological polar surface area (TPSA) is 39.6 Å². The molecule has 0 unspecified atom stereocenters. The quantitative estimate of drug-likeness (QED) is 0.941. The molecule has 0 aliphatic carbocycles. The Bertz CT molecular complexity index is 568. The zero-order valence-corrected chi connectivity index (χ0v) is 11.8. The lowest BCUT2D eigenvalue weighted by Gasteiger charge is -2.36. The lowest BCUT2D eigenvalue weighted by atomic mass is 10.1. The van der Waals surface area contributed by atoms with Gasteiger partial charge in [-0.3, -0.25) is 0 Å². The molecule has 2 aromatic rings. The van der Waals surface area contributed by atoms with Crippen molar-refractivity contribution in [2.24, 2.45) is 0 Å². The summed E-state index contributed by atoms with van der Waals surface area (Å²) in [6, 6.07) is 4.92. The standard InChI is InChI=1S/C14H16FN3OS/c15-12-9-11(10-19)1-2-13(12)17-4-6-18(7-5-17)14-16-3-8-20-14/h1-3,8-9,19H,4-7,10H2. The predicted octanol–water partition coefficient (Wildman–Crippen LogP) is 2.10. The molecule has 0 spiro atoms. The van der Waals surface area contributed by atoms with Gasteiger partial charge in [-0.1, -0.05) is 6.07 Å². The minimum atomic E-state index is -0.265. The molecule has 106 valence electrons. The average Bonchev–Trinajstić information content (AvgIpc) is 3.01. The van der Waals surface area contributed by atoms with Crippen molar-refractivity contribution in [3.8, 4) is 0 Å². The molecule has 4 nitrogen and oxygen atoms in total. The third-order valence-corrected chi connectivity index (χ3v) is 4.34. The normalized spacial score (nSPS) is 15.7. The van der Waals surface area contributed by atoms with E-state index in [2.05, 4.69) is 9.88 Å². The van der Waals surface area contributed by atoms with Crippen LogP contribution in [0.5, 0.6) is 0 Å². The van der Waals surface area contributed by atoms with Gasteiger partial charge in [-0.05, 0) is 17.7 Å². The van der Waals surface area contributed by atoms with Gasteiger partial charge in [-0.25, -0.2) is 9.37 Å². The molecule has 0 radical (unpaired) electrons. The van der Waals surface area contributed by atoms with Crippen LogP contribution >= 0.6 is 11.3 Å². The first-order chi connectivity index (χ1) is 9.78. The van der Waals surface area contributed by atoms with Gasteiger partial charge in [-0.2, -0.15) is 0 Å². The lowest BCUT2D eigenvalue weighted by molar-refractivity contribution is 0.281. The third kappa shape index (κ3) is 2.62. The van der Waals surface area contributed by atoms with Crippen molar-refractivity contribution < 1.29 is 9.50 Å². The van der Waals surface area contributed by atoms with Gasteiger partial charge in [0.05, 0.1) is 12.3 Å². The van der Waals surface area contributed by atoms with Crippen LogP contribution in [-0.4, -0.2) is 36.3 Å². The van der Waals surface area contributed by atoms with Crippen molar-refractivity contribution >= 4 is 22.2 Å². The van der Waals surface area contributed by atoms with Crippen LogP contribution in [0.1, 0.15) is 5.56 Å². The molecule has 6 heteroatoms. The number of halogens is 1. The molecule has 0 atom stereocenters. The molecular formula is C14H16FN3OS. The van der Waals surface area contributed by atoms with E-state index in [1.807, 2.05) is 10.3 Å². The summed E-state index contributed by atoms with van der Waals surface area (Å²) in [4.78, 5) is 8.57. The van der Waals surface area contributed by atoms with Crippen molar-refractivity contribution in [2.75, 3.05) is 36.0 Å². The van der Waals surface area contributed by atoms with Crippen molar-refractivity contribution in [3.05, 3.63) is 41.2 Å². The van der Waals surface area contributed by atoms with Gasteiger partial charge >= 0.3 is 0 Å². The van der Waals surface area contributed by atoms with Gasteiger partial charge in [0.15, 0.2) is 5.13 Å². The van der Waals surface area contributed by atoms with Crippen molar-refractivity contribution in [3.63, 3.8) is 0 Å². The molecule has 1 N–H and O–H groups in total. The monoisotopic (exact) mass is 293 g/mol. The van der Waals surface area contributed by atoms with Crippen molar-refractivity contribution in [1.82, 2.24) is 4.98 Å². The Morgan fingerprint density at radius 1 is 1.20 bits per heavy atom. The van der Waals surface area contributed by atoms with Crippen LogP contribution in [0.4, 0.5) is 15.2 Å². The van der Waals surface area contributed by atoms with E-state index in [0.717, 1.165) is 31.3 Å². The minimum Gasteiger partial charge on any atom is -0.392 e. The maximum Gasteiger partial charge on any atom is 0.185 e. The molecule has 1 aliphatic heterocycles. The van der Waals surface area contributed by atoms with Gasteiger partial charge in [-0.15, -0.1) is 11.3 Å². The number of rotatable bonds is 3. The first-order valence-corrected chi connectivity index (χ1v) is 7.44. The molecule has 1 aliphatic rings. The lowest BCUT2D eigenvalue weighted by Crippen LogP contribution is -2.46. The highest BCUT2D eigenvalue weighted by molar-refractivity contribution is 7.13. The number of aliphatic hydroxyl groups is 1. The summed E-state index contributed by atoms with van der Waals surface area (Å²) in [5.41, 5.74) is 1.22. The predicted molar refractivity (Wildman–Crippen MR) is 78.9 cm³/mol. The van der Waals surface area contributed by atoms with E-state index in [4.69, 9.17) is 5.11 Å². The summed E-state index contributed by atoms with van der Waals surface area (Å²) < 4.78 is 14.0. The Kier molecular flexibility index (Phi) is 3.84. The molecular weight excluding hydrogens is 277 g/mol. The fourth-order valence-electron chi connectivity index (χ4n) is 2.42. The molecule has 2 heterocycles. The number of hydrogen-bond donors (Lipinski definition) is 1. The van der Waals surface area contributed by atoms with Gasteiger partial charge in [0.25, 0.3) is 0 Å². The zero-order valence-electron chi connectivity index (χ0n) is 11.0. The average molecular weight is 293 g/mol. The van der Waals surface area contributed by atoms with E-state index in [1.54, 1.807) is 29.7 Å². The second-order valence-corrected chi connectivity index (χ2v) is 5.61. The molecule has 0 saturated carbocycles. The van der Waals surface area contributed by atoms with E-state index in [9.17, 15) is 4.39 Å². The van der Waals surface area contributed by atoms with E-state index in [1.165, 1.54) is 6.07 Å². The summed E-state index contributed by atoms with van der Waals surface area (Å²) in [7, 11) is 0. The summed E-state index contributed by atoms with van der Waals surface area (Å²) in [5, 5.41) is 12.0. The number of aliphatic hydroxyl groups excluding tert-OH is 1. The number of anilines is 2. The summed E-state index contributed by atoms with van der Waals surface area (Å²) >= 11 is 1.63. The van der Waals surface area contributed by atoms with E-state index >= 15 is 0 Å². The van der Waals surface area contributed by atoms with E-state index in [-0.39, 0.29) is 12.4 Å². The van der Waals surface area contributed by atoms with Crippen LogP contribution in [0.15, 0.2) is 29.8 Å². The number of piperazine rings is 1. The molecule has 0 amide bonds. The largest absolute Gasteiger partial charge is 0.392 e. The van der Waals surface area contributed by atoms with E-state index in [0.29, 0.717) is 11.3 Å². The summed E-state index contributed by atoms with van der Waals surface area (Å²) in [6.07, 6.45) is 1.81. The van der Waals surface area contributed by atoms with Gasteiger partial charge in [0.2, 0.25) is 0 Å². The molecule has 1 fully saturated rings. The maximum absolute atomic E-state index is 14.0. The first kappa shape index (κ1) is 13.3. The number of aromatic nitrogens is 1. The highest BCUT2D eigenvalue weighted by Crippen LogP contribution is 2.24. The zero-order chi connectivity index (χ0) is 13.9. The summed E-state index contributed by atoms with van der Waals surface area (Å²) in [5.74, 6) is -0.265. The highest BCUT2D eigenvalue weighted by Gasteiger charge is 2.20. The van der Waals surface area contributed by atoms with Crippen LogP contribution in [0.3, 0.4) is 0 Å². The Morgan fingerprint density at radius 3 is 2.55 bits per heavy atom. The molecule has 0 bridgehead atoms. The Hall–Kier alpha value is -1.66. The molecule has 20 heavy (non-hydrogen) atoms. The Balaban J connectivity index is 1.69. The van der Waals surface area contributed by atoms with Crippen LogP contribution in [-0.2, 0) is 6.61 Å². The highest BCUT2D eigenvalue weighted by atomic mass is 32.1. The first-order valence-electron chi connectivity index (χ1n) is 6.56. The smallest absolute Gasteiger partial charge is 0.185 e. The summed E-state index contributed by atoms with van der Waals surface area (Å²) in [6.45, 7) is 3.10. The van der Waals surface area contributed by atoms with Crippen LogP contribution in [0, 0.1) is 5.82 Å². The van der Waals surface area contributed by atoms with Crippen LogP contribution < -0.4 is 9.80 Å². The number of benzene rings is 1. The Labute approximate surface area is 121 Å². The molecule has 3 rings (SSSR count). The van der Waals surface area contributed by atoms with Crippen LogP contribution in [0.2, 0.25) is 0 Å². The third-order valence-electron chi connectivity index (χ3n) is 3.50. The fraction of sp³-hybridized carbons (Fsp3) is 0.357. The van der Waals surface area contributed by atoms with Crippen molar-refractivity contribution in [2.45, 2.75) is 6.61 Å². The van der Waals surface area contributed by atoms with Crippen molar-refractivity contribution in [1.29, 1.82) is 0 Å². The van der Waals surface area contributed by atoms with Gasteiger partial charge in [0.1, 0.15) is 5.82 Å². The number of thiazole rings is 1. The van der Waals surface area contributed by atoms with Gasteiger partial charge in [0, 0.05) is 37.8 Å². The molecule has 1 aromatic carbocycles. The fourth-order valence-corrected chi connectivity index (χ4v) is 3.11. The number of hydrogen-bond acceptors (Lipinski definition) is 5. The Morgan fingerprint density at radius 2 is 1.95 bits per heavy atom. The van der Waals surface area contributed by atoms with E-state index < -0.39 is 0 Å². The minimum absolute atomic E-state index is 0.130. The van der Waals surface area contributed by atoms with Crippen LogP contribution in [0.25, 0.3) is 0 Å². The number of nitrogens with zero attached hydrogens (tertiary/aromatic N) is 3. The maximum atomic E-state index is 14.0.